The first-order chi connectivity index (χ1) is 11.5. The number of aromatic nitrogens is 2. The van der Waals surface area contributed by atoms with Gasteiger partial charge < -0.3 is 9.64 Å². The molecular formula is C17H21N3O3S. The minimum absolute atomic E-state index is 0.168. The van der Waals surface area contributed by atoms with Gasteiger partial charge in [0.1, 0.15) is 12.4 Å². The molecule has 7 heteroatoms. The van der Waals surface area contributed by atoms with E-state index in [9.17, 15) is 8.42 Å². The van der Waals surface area contributed by atoms with E-state index >= 15 is 0 Å². The van der Waals surface area contributed by atoms with Crippen LogP contribution in [0, 0.1) is 0 Å². The topological polar surface area (TPSA) is 64.4 Å². The number of benzene rings is 1. The highest BCUT2D eigenvalue weighted by molar-refractivity contribution is 7.91. The summed E-state index contributed by atoms with van der Waals surface area (Å²) in [5.74, 6) is 1.32. The molecular weight excluding hydrogens is 326 g/mol. The zero-order valence-electron chi connectivity index (χ0n) is 13.7. The summed E-state index contributed by atoms with van der Waals surface area (Å²) in [6.07, 6.45) is 4.45. The van der Waals surface area contributed by atoms with E-state index in [4.69, 9.17) is 4.74 Å². The molecule has 3 heterocycles. The molecule has 1 fully saturated rings. The summed E-state index contributed by atoms with van der Waals surface area (Å²) < 4.78 is 31.2. The fourth-order valence-corrected chi connectivity index (χ4v) is 5.64. The fourth-order valence-electron chi connectivity index (χ4n) is 3.52. The van der Waals surface area contributed by atoms with E-state index in [-0.39, 0.29) is 11.5 Å². The van der Waals surface area contributed by atoms with E-state index in [0.29, 0.717) is 13.0 Å². The van der Waals surface area contributed by atoms with Gasteiger partial charge in [0.05, 0.1) is 35.5 Å². The number of sulfone groups is 1. The molecule has 0 saturated carbocycles. The standard InChI is InChI=1S/C17H21N3O3S/c1-17(6-9-24(21,22)13-17)20-12-14(10-18-20)11-19-7-8-23-16-5-3-2-4-15(16)19/h2-5,10,12H,6-9,11,13H2,1H3/t17-/m0/s1. The SMILES string of the molecule is C[C@]1(n2cc(CN3CCOc4ccccc43)cn2)CCS(=O)(=O)C1. The molecule has 1 atom stereocenters. The molecule has 4 rings (SSSR count). The minimum Gasteiger partial charge on any atom is -0.490 e. The number of para-hydroxylation sites is 2. The maximum Gasteiger partial charge on any atom is 0.152 e. The number of hydrogen-bond acceptors (Lipinski definition) is 5. The molecule has 6 nitrogen and oxygen atoms in total. The van der Waals surface area contributed by atoms with E-state index in [1.807, 2.05) is 42.2 Å². The lowest BCUT2D eigenvalue weighted by Crippen LogP contribution is -2.32. The van der Waals surface area contributed by atoms with Gasteiger partial charge in [-0.05, 0) is 25.5 Å². The van der Waals surface area contributed by atoms with Crippen LogP contribution in [-0.4, -0.2) is 42.9 Å². The van der Waals surface area contributed by atoms with Crippen molar-refractivity contribution < 1.29 is 13.2 Å². The lowest BCUT2D eigenvalue weighted by Gasteiger charge is -2.30. The van der Waals surface area contributed by atoms with Crippen LogP contribution >= 0.6 is 0 Å². The minimum atomic E-state index is -2.95. The van der Waals surface area contributed by atoms with Crippen LogP contribution in [0.3, 0.4) is 0 Å². The van der Waals surface area contributed by atoms with Gasteiger partial charge in [-0.2, -0.15) is 5.10 Å². The predicted octanol–water partition coefficient (Wildman–Crippen LogP) is 1.82. The van der Waals surface area contributed by atoms with Crippen molar-refractivity contribution in [1.82, 2.24) is 9.78 Å². The highest BCUT2D eigenvalue weighted by Gasteiger charge is 2.40. The maximum atomic E-state index is 11.8. The van der Waals surface area contributed by atoms with Crippen molar-refractivity contribution >= 4 is 15.5 Å². The molecule has 1 saturated heterocycles. The number of fused-ring (bicyclic) bond motifs is 1. The van der Waals surface area contributed by atoms with Crippen LogP contribution in [0.4, 0.5) is 5.69 Å². The molecule has 2 aliphatic rings. The highest BCUT2D eigenvalue weighted by atomic mass is 32.2. The van der Waals surface area contributed by atoms with Gasteiger partial charge >= 0.3 is 0 Å². The lowest BCUT2D eigenvalue weighted by molar-refractivity contribution is 0.306. The van der Waals surface area contributed by atoms with E-state index in [2.05, 4.69) is 16.1 Å². The molecule has 2 aliphatic heterocycles. The smallest absolute Gasteiger partial charge is 0.152 e. The zero-order chi connectivity index (χ0) is 16.8. The van der Waals surface area contributed by atoms with Crippen molar-refractivity contribution in [3.63, 3.8) is 0 Å². The Morgan fingerprint density at radius 2 is 2.17 bits per heavy atom. The van der Waals surface area contributed by atoms with E-state index in [1.54, 1.807) is 0 Å². The number of hydrogen-bond donors (Lipinski definition) is 0. The average molecular weight is 347 g/mol. The summed E-state index contributed by atoms with van der Waals surface area (Å²) in [6.45, 7) is 4.20. The van der Waals surface area contributed by atoms with Crippen LogP contribution in [0.1, 0.15) is 18.9 Å². The van der Waals surface area contributed by atoms with Crippen molar-refractivity contribution in [1.29, 1.82) is 0 Å². The summed E-state index contributed by atoms with van der Waals surface area (Å²) >= 11 is 0. The van der Waals surface area contributed by atoms with Gasteiger partial charge in [-0.25, -0.2) is 8.42 Å². The fraction of sp³-hybridized carbons (Fsp3) is 0.471. The van der Waals surface area contributed by atoms with Gasteiger partial charge in [0.2, 0.25) is 0 Å². The van der Waals surface area contributed by atoms with E-state index in [1.165, 1.54) is 0 Å². The van der Waals surface area contributed by atoms with Crippen molar-refractivity contribution in [2.24, 2.45) is 0 Å². The van der Waals surface area contributed by atoms with E-state index in [0.717, 1.165) is 30.1 Å². The third kappa shape index (κ3) is 2.77. The Bertz CT molecular complexity index is 861. The molecule has 0 radical (unpaired) electrons. The van der Waals surface area contributed by atoms with Gasteiger partial charge in [-0.3, -0.25) is 4.68 Å². The first-order valence-electron chi connectivity index (χ1n) is 8.16. The summed E-state index contributed by atoms with van der Waals surface area (Å²) in [5, 5.41) is 4.45. The largest absolute Gasteiger partial charge is 0.490 e. The monoisotopic (exact) mass is 347 g/mol. The maximum absolute atomic E-state index is 11.8. The molecule has 24 heavy (non-hydrogen) atoms. The van der Waals surface area contributed by atoms with Crippen LogP contribution < -0.4 is 9.64 Å². The molecule has 0 bridgehead atoms. The van der Waals surface area contributed by atoms with Crippen LogP contribution in [0.25, 0.3) is 0 Å². The third-order valence-corrected chi connectivity index (χ3v) is 6.76. The van der Waals surface area contributed by atoms with Gasteiger partial charge in [-0.1, -0.05) is 12.1 Å². The molecule has 1 aromatic carbocycles. The Labute approximate surface area is 142 Å². The summed E-state index contributed by atoms with van der Waals surface area (Å²) in [5.41, 5.74) is 1.74. The quantitative estimate of drug-likeness (QED) is 0.847. The van der Waals surface area contributed by atoms with Crippen LogP contribution in [0.15, 0.2) is 36.7 Å². The summed E-state index contributed by atoms with van der Waals surface area (Å²) in [4.78, 5) is 2.27. The molecule has 0 spiro atoms. The number of ether oxygens (including phenoxy) is 1. The second-order valence-corrected chi connectivity index (χ2v) is 9.05. The van der Waals surface area contributed by atoms with Gasteiger partial charge in [0.25, 0.3) is 0 Å². The Morgan fingerprint density at radius 3 is 2.96 bits per heavy atom. The van der Waals surface area contributed by atoms with E-state index < -0.39 is 15.4 Å². The molecule has 0 aliphatic carbocycles. The highest BCUT2D eigenvalue weighted by Crippen LogP contribution is 2.33. The Balaban J connectivity index is 1.55. The van der Waals surface area contributed by atoms with Crippen LogP contribution in [0.2, 0.25) is 0 Å². The lowest BCUT2D eigenvalue weighted by atomic mass is 10.0. The Hall–Kier alpha value is -2.02. The number of nitrogens with zero attached hydrogens (tertiary/aromatic N) is 3. The normalized spacial score (nSPS) is 25.3. The Kier molecular flexibility index (Phi) is 3.56. The third-order valence-electron chi connectivity index (χ3n) is 4.87. The summed E-state index contributed by atoms with van der Waals surface area (Å²) in [7, 11) is -2.95. The van der Waals surface area contributed by atoms with Crippen molar-refractivity contribution in [3.8, 4) is 5.75 Å². The number of rotatable bonds is 3. The molecule has 0 unspecified atom stereocenters. The Morgan fingerprint density at radius 1 is 1.33 bits per heavy atom. The van der Waals surface area contributed by atoms with Crippen molar-refractivity contribution in [2.45, 2.75) is 25.4 Å². The second-order valence-electron chi connectivity index (χ2n) is 6.87. The predicted molar refractivity (Wildman–Crippen MR) is 92.1 cm³/mol. The van der Waals surface area contributed by atoms with Crippen LogP contribution in [-0.2, 0) is 21.9 Å². The van der Waals surface area contributed by atoms with Gasteiger partial charge in [0.15, 0.2) is 9.84 Å². The molecule has 0 N–H and O–H groups in total. The zero-order valence-corrected chi connectivity index (χ0v) is 14.5. The molecule has 0 amide bonds. The summed E-state index contributed by atoms with van der Waals surface area (Å²) in [6, 6.07) is 8.02. The van der Waals surface area contributed by atoms with Crippen LogP contribution in [0.5, 0.6) is 5.75 Å². The van der Waals surface area contributed by atoms with Crippen molar-refractivity contribution in [2.75, 3.05) is 29.6 Å². The number of anilines is 1. The van der Waals surface area contributed by atoms with Gasteiger partial charge in [-0.15, -0.1) is 0 Å². The first kappa shape index (κ1) is 15.5. The molecule has 2 aromatic rings. The van der Waals surface area contributed by atoms with Gasteiger partial charge in [0, 0.05) is 18.3 Å². The molecule has 128 valence electrons. The first-order valence-corrected chi connectivity index (χ1v) is 9.99. The second kappa shape index (κ2) is 5.51. The average Bonchev–Trinajstić information content (AvgIpc) is 3.13. The van der Waals surface area contributed by atoms with Crippen molar-refractivity contribution in [3.05, 3.63) is 42.2 Å². The molecule has 1 aromatic heterocycles.